The minimum absolute atomic E-state index is 0.103. The molecule has 0 aromatic carbocycles. The van der Waals surface area contributed by atoms with E-state index in [0.29, 0.717) is 12.8 Å². The van der Waals surface area contributed by atoms with E-state index in [1.165, 1.54) is 96.3 Å². The van der Waals surface area contributed by atoms with Gasteiger partial charge in [-0.05, 0) is 135 Å². The van der Waals surface area contributed by atoms with Crippen molar-refractivity contribution >= 4 is 17.9 Å². The zero-order valence-electron chi connectivity index (χ0n) is 49.9. The van der Waals surface area contributed by atoms with E-state index in [2.05, 4.69) is 154 Å². The average Bonchev–Trinajstić information content (AvgIpc) is 3.43. The molecule has 0 fully saturated rings. The van der Waals surface area contributed by atoms with Crippen molar-refractivity contribution in [3.05, 3.63) is 134 Å². The van der Waals surface area contributed by atoms with Gasteiger partial charge in [-0.2, -0.15) is 0 Å². The fraction of sp³-hybridized carbons (Fsp3) is 0.648. The molecular formula is C71H116O6. The highest BCUT2D eigenvalue weighted by molar-refractivity contribution is 5.71. The van der Waals surface area contributed by atoms with Crippen LogP contribution in [0, 0.1) is 0 Å². The first-order valence-corrected chi connectivity index (χ1v) is 31.7. The number of allylic oxidation sites excluding steroid dienone is 22. The zero-order chi connectivity index (χ0) is 55.7. The number of ether oxygens (including phenoxy) is 3. The maximum atomic E-state index is 12.9. The van der Waals surface area contributed by atoms with E-state index in [4.69, 9.17) is 14.2 Å². The zero-order valence-corrected chi connectivity index (χ0v) is 49.9. The van der Waals surface area contributed by atoms with Gasteiger partial charge in [-0.1, -0.05) is 257 Å². The molecule has 0 aliphatic rings. The Labute approximate surface area is 475 Å². The molecule has 1 atom stereocenters. The van der Waals surface area contributed by atoms with E-state index in [1.807, 2.05) is 0 Å². The standard InChI is InChI=1S/C71H116O6/c1-4-7-10-13-16-19-22-25-28-31-33-34-35-36-38-40-43-46-49-52-55-58-61-64-70(73)76-67-68(66-75-69(72)63-60-57-54-51-48-45-42-39-30-27-24-21-18-15-12-9-6-3)77-71(74)65-62-59-56-53-50-47-44-41-37-32-29-26-23-20-17-14-11-8-5-2/h8-9,11-12,17-18,20-22,25-27,29-31,33,35-37,41,47,50,68H,4-7,10,13-16,19,23-24,28,32,34,38-40,42-46,48-49,51-67H2,1-3H3/b11-8-,12-9-,20-17-,21-18-,25-22-,29-26-,30-27-,33-31-,36-35-,41-37-,50-47-. The molecule has 0 amide bonds. The van der Waals surface area contributed by atoms with Crippen molar-refractivity contribution in [2.75, 3.05) is 13.2 Å². The van der Waals surface area contributed by atoms with Crippen molar-refractivity contribution in [1.82, 2.24) is 0 Å². The van der Waals surface area contributed by atoms with Crippen LogP contribution in [0.4, 0.5) is 0 Å². The first-order valence-electron chi connectivity index (χ1n) is 31.7. The molecule has 0 rings (SSSR count). The molecule has 0 spiro atoms. The van der Waals surface area contributed by atoms with Gasteiger partial charge < -0.3 is 14.2 Å². The van der Waals surface area contributed by atoms with Crippen LogP contribution in [0.3, 0.4) is 0 Å². The third-order valence-corrected chi connectivity index (χ3v) is 13.1. The molecule has 0 N–H and O–H groups in total. The number of carbonyl (C=O) groups excluding carboxylic acids is 3. The Morgan fingerprint density at radius 3 is 0.805 bits per heavy atom. The van der Waals surface area contributed by atoms with Crippen LogP contribution in [-0.2, 0) is 28.6 Å². The van der Waals surface area contributed by atoms with Crippen LogP contribution in [-0.4, -0.2) is 37.2 Å². The summed E-state index contributed by atoms with van der Waals surface area (Å²) in [6, 6.07) is 0. The highest BCUT2D eigenvalue weighted by Crippen LogP contribution is 2.15. The largest absolute Gasteiger partial charge is 0.462 e. The molecule has 0 saturated carbocycles. The summed E-state index contributed by atoms with van der Waals surface area (Å²) in [4.78, 5) is 38.3. The Bertz CT molecular complexity index is 1650. The SMILES string of the molecule is CC/C=C\C/C=C\C/C=C\C/C=C\C/C=C\CCCCCC(=O)OC(COC(=O)CCCCCCCCC/C=C\C/C=C\C/C=C\CC)COC(=O)CCCCCCCCCC/C=C\C/C=C\C/C=C\CCCCCCC. The maximum Gasteiger partial charge on any atom is 0.306 e. The lowest BCUT2D eigenvalue weighted by atomic mass is 10.1. The van der Waals surface area contributed by atoms with Gasteiger partial charge in [0.25, 0.3) is 0 Å². The van der Waals surface area contributed by atoms with Gasteiger partial charge in [0.05, 0.1) is 0 Å². The number of hydrogen-bond acceptors (Lipinski definition) is 6. The Hall–Kier alpha value is -4.45. The summed E-state index contributed by atoms with van der Waals surface area (Å²) in [5.74, 6) is -0.950. The second kappa shape index (κ2) is 64.1. The summed E-state index contributed by atoms with van der Waals surface area (Å²) < 4.78 is 16.9. The third kappa shape index (κ3) is 62.3. The van der Waals surface area contributed by atoms with Crippen molar-refractivity contribution in [2.24, 2.45) is 0 Å². The highest BCUT2D eigenvalue weighted by Gasteiger charge is 2.19. The summed E-state index contributed by atoms with van der Waals surface area (Å²) in [5.41, 5.74) is 0. The monoisotopic (exact) mass is 1060 g/mol. The molecule has 436 valence electrons. The van der Waals surface area contributed by atoms with Crippen molar-refractivity contribution < 1.29 is 28.6 Å². The Morgan fingerprint density at radius 2 is 0.506 bits per heavy atom. The van der Waals surface area contributed by atoms with E-state index >= 15 is 0 Å². The van der Waals surface area contributed by atoms with E-state index in [9.17, 15) is 14.4 Å². The maximum absolute atomic E-state index is 12.9. The lowest BCUT2D eigenvalue weighted by molar-refractivity contribution is -0.167. The minimum Gasteiger partial charge on any atom is -0.462 e. The van der Waals surface area contributed by atoms with Crippen LogP contribution in [0.1, 0.15) is 278 Å². The predicted molar refractivity (Wildman–Crippen MR) is 334 cm³/mol. The summed E-state index contributed by atoms with van der Waals surface area (Å²) in [7, 11) is 0. The molecule has 0 radical (unpaired) electrons. The van der Waals surface area contributed by atoms with Crippen LogP contribution < -0.4 is 0 Å². The molecule has 0 aliphatic heterocycles. The van der Waals surface area contributed by atoms with E-state index in [1.54, 1.807) is 0 Å². The Morgan fingerprint density at radius 1 is 0.273 bits per heavy atom. The molecule has 77 heavy (non-hydrogen) atoms. The number of rotatable bonds is 56. The quantitative estimate of drug-likeness (QED) is 0.0261. The number of unbranched alkanes of at least 4 members (excludes halogenated alkanes) is 23. The molecule has 6 heteroatoms. The molecule has 0 saturated heterocycles. The molecule has 0 aromatic rings. The van der Waals surface area contributed by atoms with Gasteiger partial charge >= 0.3 is 17.9 Å². The highest BCUT2D eigenvalue weighted by atomic mass is 16.6. The van der Waals surface area contributed by atoms with E-state index < -0.39 is 6.10 Å². The summed E-state index contributed by atoms with van der Waals surface area (Å²) in [5, 5.41) is 0. The second-order valence-electron chi connectivity index (χ2n) is 20.5. The predicted octanol–water partition coefficient (Wildman–Crippen LogP) is 21.8. The molecule has 0 aromatic heterocycles. The molecule has 0 aliphatic carbocycles. The van der Waals surface area contributed by atoms with Crippen LogP contribution in [0.2, 0.25) is 0 Å². The minimum atomic E-state index is -0.810. The van der Waals surface area contributed by atoms with E-state index in [0.717, 1.165) is 141 Å². The van der Waals surface area contributed by atoms with Gasteiger partial charge in [-0.15, -0.1) is 0 Å². The smallest absolute Gasteiger partial charge is 0.306 e. The number of esters is 3. The van der Waals surface area contributed by atoms with Crippen molar-refractivity contribution in [3.8, 4) is 0 Å². The normalized spacial score (nSPS) is 13.0. The van der Waals surface area contributed by atoms with Crippen LogP contribution in [0.5, 0.6) is 0 Å². The first-order chi connectivity index (χ1) is 38.0. The number of hydrogen-bond donors (Lipinski definition) is 0. The van der Waals surface area contributed by atoms with Gasteiger partial charge in [0, 0.05) is 19.3 Å². The first kappa shape index (κ1) is 72.5. The summed E-state index contributed by atoms with van der Waals surface area (Å²) in [6.07, 6.45) is 90.2. The van der Waals surface area contributed by atoms with Crippen molar-refractivity contribution in [1.29, 1.82) is 0 Å². The van der Waals surface area contributed by atoms with Crippen LogP contribution in [0.25, 0.3) is 0 Å². The lowest BCUT2D eigenvalue weighted by Crippen LogP contribution is -2.30. The van der Waals surface area contributed by atoms with Gasteiger partial charge in [0.2, 0.25) is 0 Å². The number of carbonyl (C=O) groups is 3. The van der Waals surface area contributed by atoms with Crippen molar-refractivity contribution in [3.63, 3.8) is 0 Å². The van der Waals surface area contributed by atoms with Gasteiger partial charge in [-0.3, -0.25) is 14.4 Å². The topological polar surface area (TPSA) is 78.9 Å². The van der Waals surface area contributed by atoms with Crippen molar-refractivity contribution in [2.45, 2.75) is 284 Å². The fourth-order valence-electron chi connectivity index (χ4n) is 8.43. The molecular weight excluding hydrogens is 949 g/mol. The molecule has 6 nitrogen and oxygen atoms in total. The average molecular weight is 1070 g/mol. The lowest BCUT2D eigenvalue weighted by Gasteiger charge is -2.18. The van der Waals surface area contributed by atoms with Gasteiger partial charge in [0.1, 0.15) is 13.2 Å². The van der Waals surface area contributed by atoms with Crippen LogP contribution in [0.15, 0.2) is 134 Å². The van der Waals surface area contributed by atoms with Gasteiger partial charge in [0.15, 0.2) is 6.10 Å². The molecule has 0 bridgehead atoms. The fourth-order valence-corrected chi connectivity index (χ4v) is 8.43. The van der Waals surface area contributed by atoms with E-state index in [-0.39, 0.29) is 37.5 Å². The Kier molecular flexibility index (Phi) is 60.4. The Balaban J connectivity index is 4.48. The second-order valence-corrected chi connectivity index (χ2v) is 20.5. The third-order valence-electron chi connectivity index (χ3n) is 13.1. The molecule has 1 unspecified atom stereocenters. The summed E-state index contributed by atoms with van der Waals surface area (Å²) in [6.45, 7) is 6.37. The molecule has 0 heterocycles. The summed E-state index contributed by atoms with van der Waals surface area (Å²) >= 11 is 0. The van der Waals surface area contributed by atoms with Gasteiger partial charge in [-0.25, -0.2) is 0 Å². The van der Waals surface area contributed by atoms with Crippen LogP contribution >= 0.6 is 0 Å².